The topological polar surface area (TPSA) is 64.1 Å². The number of nitrogens with one attached hydrogen (secondary N) is 2. The van der Waals surface area contributed by atoms with Crippen LogP contribution < -0.4 is 29.6 Å². The summed E-state index contributed by atoms with van der Waals surface area (Å²) < 4.78 is 4.85. The lowest BCUT2D eigenvalue weighted by atomic mass is 9.95. The molecule has 1 aliphatic heterocycles. The summed E-state index contributed by atoms with van der Waals surface area (Å²) in [6.45, 7) is 8.53. The van der Waals surface area contributed by atoms with E-state index in [0.29, 0.717) is 0 Å². The first-order valence-electron chi connectivity index (χ1n) is 21.8. The van der Waals surface area contributed by atoms with Gasteiger partial charge in [0.05, 0.1) is 5.56 Å². The van der Waals surface area contributed by atoms with Gasteiger partial charge < -0.3 is 20.4 Å². The highest BCUT2D eigenvalue weighted by Gasteiger charge is 2.32. The number of hydrogen-bond acceptors (Lipinski definition) is 6. The minimum absolute atomic E-state index is 0.911. The maximum Gasteiger partial charge on any atom is 0.243 e. The zero-order chi connectivity index (χ0) is 41.5. The van der Waals surface area contributed by atoms with Gasteiger partial charge in [-0.05, 0) is 81.1 Å². The SMILES string of the molecule is Cc1cc2nc3ccc(N(C)C)c(C)c3[n+](-c3ccccc3)c2cc1NCCCCCCCCNc1cc2c(cc1C)nc1ccc(N(C)C)c3c1[n+]2-c1ccccc1C3. The van der Waals surface area contributed by atoms with Gasteiger partial charge in [0, 0.05) is 112 Å². The first-order chi connectivity index (χ1) is 29.2. The van der Waals surface area contributed by atoms with Gasteiger partial charge in [0.2, 0.25) is 33.4 Å². The Kier molecular flexibility index (Phi) is 10.7. The van der Waals surface area contributed by atoms with Crippen molar-refractivity contribution in [2.24, 2.45) is 0 Å². The third-order valence-corrected chi connectivity index (χ3v) is 12.5. The van der Waals surface area contributed by atoms with E-state index in [-0.39, 0.29) is 0 Å². The van der Waals surface area contributed by atoms with Gasteiger partial charge in [-0.3, -0.25) is 0 Å². The van der Waals surface area contributed by atoms with E-state index in [2.05, 4.69) is 182 Å². The number of aryl methyl sites for hydroxylation is 3. The molecule has 0 atom stereocenters. The maximum atomic E-state index is 5.20. The monoisotopic (exact) mass is 794 g/mol. The Hall–Kier alpha value is -6.28. The average molecular weight is 795 g/mol. The molecule has 9 rings (SSSR count). The Morgan fingerprint density at radius 2 is 1.07 bits per heavy atom. The molecule has 2 N–H and O–H groups in total. The fraction of sp³-hybridized carbons (Fsp3) is 0.308. The molecule has 8 heteroatoms. The highest BCUT2D eigenvalue weighted by molar-refractivity contribution is 5.91. The normalized spacial score (nSPS) is 12.1. The van der Waals surface area contributed by atoms with E-state index in [9.17, 15) is 0 Å². The number of anilines is 4. The number of para-hydroxylation sites is 2. The number of benzene rings is 6. The van der Waals surface area contributed by atoms with Crippen LogP contribution in [0.5, 0.6) is 0 Å². The minimum Gasteiger partial charge on any atom is -0.385 e. The van der Waals surface area contributed by atoms with Gasteiger partial charge in [-0.25, -0.2) is 9.97 Å². The van der Waals surface area contributed by atoms with Crippen molar-refractivity contribution in [3.8, 4) is 11.4 Å². The van der Waals surface area contributed by atoms with Crippen LogP contribution in [0.2, 0.25) is 0 Å². The first-order valence-corrected chi connectivity index (χ1v) is 21.8. The van der Waals surface area contributed by atoms with Crippen molar-refractivity contribution in [1.82, 2.24) is 9.97 Å². The molecule has 8 nitrogen and oxygen atoms in total. The number of rotatable bonds is 14. The van der Waals surface area contributed by atoms with Crippen LogP contribution in [0.1, 0.15) is 66.3 Å². The lowest BCUT2D eigenvalue weighted by Crippen LogP contribution is -2.38. The molecule has 0 aliphatic carbocycles. The molecule has 1 aliphatic rings. The van der Waals surface area contributed by atoms with Crippen molar-refractivity contribution in [3.63, 3.8) is 0 Å². The van der Waals surface area contributed by atoms with Crippen LogP contribution >= 0.6 is 0 Å². The van der Waals surface area contributed by atoms with Crippen molar-refractivity contribution in [2.45, 2.75) is 65.7 Å². The van der Waals surface area contributed by atoms with Crippen molar-refractivity contribution in [1.29, 1.82) is 0 Å². The third kappa shape index (κ3) is 7.22. The van der Waals surface area contributed by atoms with Crippen molar-refractivity contribution >= 4 is 66.9 Å². The molecular weight excluding hydrogens is 737 g/mol. The summed E-state index contributed by atoms with van der Waals surface area (Å²) in [4.78, 5) is 14.8. The van der Waals surface area contributed by atoms with Gasteiger partial charge in [-0.15, -0.1) is 9.13 Å². The van der Waals surface area contributed by atoms with E-state index < -0.39 is 0 Å². The van der Waals surface area contributed by atoms with E-state index in [4.69, 9.17) is 9.97 Å². The second kappa shape index (κ2) is 16.4. The lowest BCUT2D eigenvalue weighted by Gasteiger charge is -2.22. The highest BCUT2D eigenvalue weighted by atomic mass is 15.1. The van der Waals surface area contributed by atoms with Gasteiger partial charge in [0.15, 0.2) is 0 Å². The van der Waals surface area contributed by atoms with Crippen LogP contribution in [0.3, 0.4) is 0 Å². The smallest absolute Gasteiger partial charge is 0.243 e. The van der Waals surface area contributed by atoms with Crippen LogP contribution in [0.4, 0.5) is 22.7 Å². The first kappa shape index (κ1) is 39.2. The Morgan fingerprint density at radius 1 is 0.533 bits per heavy atom. The molecule has 0 radical (unpaired) electrons. The van der Waals surface area contributed by atoms with Crippen LogP contribution in [-0.4, -0.2) is 51.2 Å². The van der Waals surface area contributed by atoms with E-state index in [0.717, 1.165) is 76.7 Å². The number of fused-ring (bicyclic) bond motifs is 6. The summed E-state index contributed by atoms with van der Waals surface area (Å²) in [7, 11) is 8.48. The highest BCUT2D eigenvalue weighted by Crippen LogP contribution is 2.35. The Labute approximate surface area is 354 Å². The third-order valence-electron chi connectivity index (χ3n) is 12.5. The van der Waals surface area contributed by atoms with Gasteiger partial charge in [-0.1, -0.05) is 62.1 Å². The number of hydrogen-bond donors (Lipinski definition) is 2. The summed E-state index contributed by atoms with van der Waals surface area (Å²) in [6, 6.07) is 37.4. The molecule has 0 spiro atoms. The predicted octanol–water partition coefficient (Wildman–Crippen LogP) is 10.5. The number of unbranched alkanes of at least 4 members (excludes halogenated alkanes) is 5. The lowest BCUT2D eigenvalue weighted by molar-refractivity contribution is -0.540. The zero-order valence-corrected chi connectivity index (χ0v) is 36.4. The summed E-state index contributed by atoms with van der Waals surface area (Å²) in [5, 5.41) is 7.60. The molecule has 6 aromatic carbocycles. The molecule has 0 fully saturated rings. The molecule has 8 aromatic rings. The van der Waals surface area contributed by atoms with Crippen molar-refractivity contribution in [3.05, 3.63) is 131 Å². The summed E-state index contributed by atoms with van der Waals surface area (Å²) >= 11 is 0. The van der Waals surface area contributed by atoms with Crippen LogP contribution in [0, 0.1) is 20.8 Å². The number of nitrogens with zero attached hydrogens (tertiary/aromatic N) is 6. The second-order valence-electron chi connectivity index (χ2n) is 17.1. The van der Waals surface area contributed by atoms with Crippen LogP contribution in [0.15, 0.2) is 103 Å². The maximum absolute atomic E-state index is 5.20. The van der Waals surface area contributed by atoms with E-state index in [1.165, 1.54) is 87.5 Å². The molecular formula is C52H58N8+2. The minimum atomic E-state index is 0.911. The average Bonchev–Trinajstić information content (AvgIpc) is 3.24. The molecule has 0 saturated heterocycles. The van der Waals surface area contributed by atoms with E-state index in [1.54, 1.807) is 0 Å². The predicted molar refractivity (Wildman–Crippen MR) is 252 cm³/mol. The molecule has 60 heavy (non-hydrogen) atoms. The van der Waals surface area contributed by atoms with Gasteiger partial charge in [0.1, 0.15) is 22.1 Å². The summed E-state index contributed by atoms with van der Waals surface area (Å²) in [6.07, 6.45) is 8.16. The summed E-state index contributed by atoms with van der Waals surface area (Å²) in [5.74, 6) is 0. The fourth-order valence-electron chi connectivity index (χ4n) is 9.43. The molecule has 3 heterocycles. The molecule has 304 valence electrons. The zero-order valence-electron chi connectivity index (χ0n) is 36.4. The van der Waals surface area contributed by atoms with Crippen LogP contribution in [-0.2, 0) is 6.42 Å². The Bertz CT molecular complexity index is 2800. The molecule has 2 aromatic heterocycles. The van der Waals surface area contributed by atoms with Crippen LogP contribution in [0.25, 0.3) is 55.5 Å². The van der Waals surface area contributed by atoms with E-state index in [1.807, 2.05) is 0 Å². The van der Waals surface area contributed by atoms with Gasteiger partial charge in [0.25, 0.3) is 0 Å². The molecule has 0 unspecified atom stereocenters. The quantitative estimate of drug-likeness (QED) is 0.0649. The summed E-state index contributed by atoms with van der Waals surface area (Å²) in [5.41, 5.74) is 22.4. The fourth-order valence-corrected chi connectivity index (χ4v) is 9.43. The molecule has 0 saturated carbocycles. The Balaban J connectivity index is 0.825. The standard InChI is InChI=1S/C52H56N8/c1-34-29-44-49(59(38-20-13-12-14-21-38)51-36(3)46(57(4)5)25-23-40(51)55-44)32-42(34)53-27-17-10-8-9-11-18-28-54-43-33-50-45(30-35(43)2)56-41-24-26-48(58(6)7)39-31-37-19-15-16-22-47(37)60(50)52(39)41/h12-16,19-26,29-30,32-33H,8-11,17-18,27-28,31H2,1-7H3/p+2. The number of aromatic nitrogens is 4. The molecule has 0 bridgehead atoms. The van der Waals surface area contributed by atoms with Gasteiger partial charge >= 0.3 is 0 Å². The second-order valence-corrected chi connectivity index (χ2v) is 17.1. The van der Waals surface area contributed by atoms with Gasteiger partial charge in [-0.2, -0.15) is 0 Å². The van der Waals surface area contributed by atoms with Crippen molar-refractivity contribution in [2.75, 3.05) is 61.7 Å². The largest absolute Gasteiger partial charge is 0.385 e. The Morgan fingerprint density at radius 3 is 1.68 bits per heavy atom. The molecule has 0 amide bonds. The van der Waals surface area contributed by atoms with Crippen molar-refractivity contribution < 1.29 is 9.13 Å². The van der Waals surface area contributed by atoms with E-state index >= 15 is 0 Å².